The highest BCUT2D eigenvalue weighted by Crippen LogP contribution is 2.15. The number of amides is 2. The Balaban J connectivity index is 1.27. The van der Waals surface area contributed by atoms with Crippen molar-refractivity contribution in [3.63, 3.8) is 0 Å². The van der Waals surface area contributed by atoms with Crippen molar-refractivity contribution in [1.82, 2.24) is 24.6 Å². The standard InChI is InChI=1S/C24H24N6O3/c1-29-13-11-25-22(29)17-33-21-8-6-19(7-9-21)24(32)26-15-18-4-2-5-20(14-18)28-23(31)16-30-12-3-10-27-30/h2-14H,15-17H2,1H3,(H,26,32)(H,28,31). The van der Waals surface area contributed by atoms with E-state index in [-0.39, 0.29) is 18.4 Å². The Morgan fingerprint density at radius 2 is 1.88 bits per heavy atom. The van der Waals surface area contributed by atoms with Crippen LogP contribution in [0, 0.1) is 0 Å². The maximum atomic E-state index is 12.5. The first kappa shape index (κ1) is 21.8. The second-order valence-corrected chi connectivity index (χ2v) is 7.40. The van der Waals surface area contributed by atoms with Gasteiger partial charge in [-0.1, -0.05) is 12.1 Å². The van der Waals surface area contributed by atoms with Crippen molar-refractivity contribution >= 4 is 17.5 Å². The average Bonchev–Trinajstić information content (AvgIpc) is 3.48. The van der Waals surface area contributed by atoms with Gasteiger partial charge in [0.25, 0.3) is 5.91 Å². The number of rotatable bonds is 9. The van der Waals surface area contributed by atoms with E-state index in [9.17, 15) is 9.59 Å². The van der Waals surface area contributed by atoms with E-state index >= 15 is 0 Å². The second kappa shape index (κ2) is 10.3. The quantitative estimate of drug-likeness (QED) is 0.413. The van der Waals surface area contributed by atoms with E-state index in [2.05, 4.69) is 20.7 Å². The lowest BCUT2D eigenvalue weighted by Gasteiger charge is -2.10. The molecular weight excluding hydrogens is 420 g/mol. The Morgan fingerprint density at radius 1 is 1.03 bits per heavy atom. The van der Waals surface area contributed by atoms with Gasteiger partial charge < -0.3 is 19.9 Å². The number of aromatic nitrogens is 4. The fourth-order valence-corrected chi connectivity index (χ4v) is 3.17. The molecule has 0 spiro atoms. The molecule has 0 atom stereocenters. The van der Waals surface area contributed by atoms with Crippen LogP contribution in [-0.2, 0) is 31.5 Å². The summed E-state index contributed by atoms with van der Waals surface area (Å²) < 4.78 is 9.16. The number of carbonyl (C=O) groups excluding carboxylic acids is 2. The van der Waals surface area contributed by atoms with Crippen molar-refractivity contribution < 1.29 is 14.3 Å². The highest BCUT2D eigenvalue weighted by atomic mass is 16.5. The van der Waals surface area contributed by atoms with E-state index in [1.165, 1.54) is 0 Å². The zero-order valence-electron chi connectivity index (χ0n) is 18.1. The minimum absolute atomic E-state index is 0.134. The average molecular weight is 444 g/mol. The van der Waals surface area contributed by atoms with Gasteiger partial charge in [-0.3, -0.25) is 14.3 Å². The maximum absolute atomic E-state index is 12.5. The third kappa shape index (κ3) is 6.07. The van der Waals surface area contributed by atoms with Crippen LogP contribution >= 0.6 is 0 Å². The lowest BCUT2D eigenvalue weighted by molar-refractivity contribution is -0.116. The molecule has 0 aliphatic carbocycles. The van der Waals surface area contributed by atoms with E-state index in [1.54, 1.807) is 59.7 Å². The fourth-order valence-electron chi connectivity index (χ4n) is 3.17. The number of nitrogens with one attached hydrogen (secondary N) is 2. The number of hydrogen-bond donors (Lipinski definition) is 2. The summed E-state index contributed by atoms with van der Waals surface area (Å²) in [4.78, 5) is 28.9. The van der Waals surface area contributed by atoms with Gasteiger partial charge in [0.05, 0.1) is 0 Å². The molecule has 0 aliphatic rings. The summed E-state index contributed by atoms with van der Waals surface area (Å²) in [5, 5.41) is 9.75. The summed E-state index contributed by atoms with van der Waals surface area (Å²) in [6.45, 7) is 0.818. The Bertz CT molecular complexity index is 1220. The molecule has 0 bridgehead atoms. The van der Waals surface area contributed by atoms with Crippen molar-refractivity contribution in [2.45, 2.75) is 19.7 Å². The number of anilines is 1. The van der Waals surface area contributed by atoms with Crippen molar-refractivity contribution in [2.24, 2.45) is 7.05 Å². The number of benzene rings is 2. The molecule has 2 aromatic carbocycles. The fraction of sp³-hybridized carbons (Fsp3) is 0.167. The summed E-state index contributed by atoms with van der Waals surface area (Å²) in [6, 6.07) is 16.1. The smallest absolute Gasteiger partial charge is 0.251 e. The van der Waals surface area contributed by atoms with Gasteiger partial charge in [-0.2, -0.15) is 5.10 Å². The topological polar surface area (TPSA) is 103 Å². The number of aryl methyl sites for hydroxylation is 1. The van der Waals surface area contributed by atoms with Crippen LogP contribution in [-0.4, -0.2) is 31.1 Å². The lowest BCUT2D eigenvalue weighted by Crippen LogP contribution is -2.23. The molecule has 2 amide bonds. The highest BCUT2D eigenvalue weighted by Gasteiger charge is 2.08. The van der Waals surface area contributed by atoms with Gasteiger partial charge in [-0.15, -0.1) is 0 Å². The Labute approximate surface area is 191 Å². The molecule has 33 heavy (non-hydrogen) atoms. The van der Waals surface area contributed by atoms with Crippen LogP contribution in [0.2, 0.25) is 0 Å². The molecule has 0 saturated carbocycles. The van der Waals surface area contributed by atoms with Crippen LogP contribution in [0.5, 0.6) is 5.75 Å². The van der Waals surface area contributed by atoms with Gasteiger partial charge in [0, 0.05) is 49.6 Å². The molecule has 9 heteroatoms. The Morgan fingerprint density at radius 3 is 2.61 bits per heavy atom. The number of imidazole rings is 1. The predicted molar refractivity (Wildman–Crippen MR) is 122 cm³/mol. The Hall–Kier alpha value is -4.40. The van der Waals surface area contributed by atoms with Crippen LogP contribution in [0.25, 0.3) is 0 Å². The third-order valence-corrected chi connectivity index (χ3v) is 4.93. The minimum atomic E-state index is -0.196. The molecule has 2 aromatic heterocycles. The van der Waals surface area contributed by atoms with Crippen LogP contribution in [0.3, 0.4) is 0 Å². The van der Waals surface area contributed by atoms with E-state index < -0.39 is 0 Å². The summed E-state index contributed by atoms with van der Waals surface area (Å²) >= 11 is 0. The van der Waals surface area contributed by atoms with Gasteiger partial charge in [-0.05, 0) is 48.0 Å². The first-order valence-corrected chi connectivity index (χ1v) is 10.4. The van der Waals surface area contributed by atoms with Crippen LogP contribution < -0.4 is 15.4 Å². The molecule has 2 N–H and O–H groups in total. The molecule has 0 unspecified atom stereocenters. The number of nitrogens with zero attached hydrogens (tertiary/aromatic N) is 4. The molecule has 4 rings (SSSR count). The second-order valence-electron chi connectivity index (χ2n) is 7.40. The first-order chi connectivity index (χ1) is 16.1. The molecular formula is C24H24N6O3. The number of ether oxygens (including phenoxy) is 1. The summed E-state index contributed by atoms with van der Waals surface area (Å²) in [5.74, 6) is 1.11. The third-order valence-electron chi connectivity index (χ3n) is 4.93. The number of hydrogen-bond acceptors (Lipinski definition) is 5. The lowest BCUT2D eigenvalue weighted by atomic mass is 10.1. The monoisotopic (exact) mass is 444 g/mol. The SMILES string of the molecule is Cn1ccnc1COc1ccc(C(=O)NCc2cccc(NC(=O)Cn3cccn3)c2)cc1. The molecule has 2 heterocycles. The van der Waals surface area contributed by atoms with E-state index in [1.807, 2.05) is 36.0 Å². The summed E-state index contributed by atoms with van der Waals surface area (Å²) in [7, 11) is 1.91. The molecule has 4 aromatic rings. The van der Waals surface area contributed by atoms with Crippen molar-refractivity contribution in [3.8, 4) is 5.75 Å². The first-order valence-electron chi connectivity index (χ1n) is 10.4. The van der Waals surface area contributed by atoms with Gasteiger partial charge >= 0.3 is 0 Å². The summed E-state index contributed by atoms with van der Waals surface area (Å²) in [5.41, 5.74) is 2.06. The zero-order valence-corrected chi connectivity index (χ0v) is 18.1. The van der Waals surface area contributed by atoms with Crippen LogP contribution in [0.4, 0.5) is 5.69 Å². The van der Waals surface area contributed by atoms with Gasteiger partial charge in [-0.25, -0.2) is 4.98 Å². The molecule has 0 radical (unpaired) electrons. The normalized spacial score (nSPS) is 10.6. The van der Waals surface area contributed by atoms with Crippen molar-refractivity contribution in [1.29, 1.82) is 0 Å². The van der Waals surface area contributed by atoms with E-state index in [0.29, 0.717) is 30.2 Å². The van der Waals surface area contributed by atoms with Gasteiger partial charge in [0.1, 0.15) is 24.7 Å². The predicted octanol–water partition coefficient (Wildman–Crippen LogP) is 2.76. The van der Waals surface area contributed by atoms with Crippen molar-refractivity contribution in [2.75, 3.05) is 5.32 Å². The largest absolute Gasteiger partial charge is 0.486 e. The Kier molecular flexibility index (Phi) is 6.79. The summed E-state index contributed by atoms with van der Waals surface area (Å²) in [6.07, 6.45) is 6.93. The molecule has 168 valence electrons. The van der Waals surface area contributed by atoms with Crippen LogP contribution in [0.15, 0.2) is 79.4 Å². The van der Waals surface area contributed by atoms with E-state index in [4.69, 9.17) is 4.74 Å². The highest BCUT2D eigenvalue weighted by molar-refractivity contribution is 5.94. The number of carbonyl (C=O) groups is 2. The van der Waals surface area contributed by atoms with Crippen LogP contribution in [0.1, 0.15) is 21.7 Å². The van der Waals surface area contributed by atoms with E-state index in [0.717, 1.165) is 11.4 Å². The zero-order chi connectivity index (χ0) is 23.0. The maximum Gasteiger partial charge on any atom is 0.251 e. The minimum Gasteiger partial charge on any atom is -0.486 e. The van der Waals surface area contributed by atoms with Gasteiger partial charge in [0.15, 0.2) is 0 Å². The molecule has 0 saturated heterocycles. The molecule has 9 nitrogen and oxygen atoms in total. The van der Waals surface area contributed by atoms with Gasteiger partial charge in [0.2, 0.25) is 5.91 Å². The molecule has 0 fully saturated rings. The molecule has 0 aliphatic heterocycles. The van der Waals surface area contributed by atoms with Crippen molar-refractivity contribution in [3.05, 3.63) is 96.3 Å².